The molecule has 20 heavy (non-hydrogen) atoms. The summed E-state index contributed by atoms with van der Waals surface area (Å²) in [7, 11) is 0. The van der Waals surface area contributed by atoms with E-state index in [0.29, 0.717) is 10.6 Å². The molecule has 0 aliphatic heterocycles. The molecule has 0 aliphatic carbocycles. The van der Waals surface area contributed by atoms with E-state index >= 15 is 0 Å². The molecule has 0 aliphatic rings. The van der Waals surface area contributed by atoms with Crippen molar-refractivity contribution in [1.82, 2.24) is 5.32 Å². The number of carbonyl (C=O) groups is 1. The monoisotopic (exact) mass is 354 g/mol. The minimum atomic E-state index is -0.746. The Hall–Kier alpha value is -1.37. The predicted octanol–water partition coefficient (Wildman–Crippen LogP) is 2.86. The van der Waals surface area contributed by atoms with Gasteiger partial charge in [-0.1, -0.05) is 12.1 Å². The largest absolute Gasteiger partial charge is 0.399 e. The molecule has 4 nitrogen and oxygen atoms in total. The van der Waals surface area contributed by atoms with E-state index in [-0.39, 0.29) is 12.5 Å². The van der Waals surface area contributed by atoms with Crippen molar-refractivity contribution in [1.29, 1.82) is 0 Å². The topological polar surface area (TPSA) is 75.3 Å². The minimum absolute atomic E-state index is 0.164. The van der Waals surface area contributed by atoms with E-state index in [4.69, 9.17) is 5.73 Å². The number of benzene rings is 1. The highest BCUT2D eigenvalue weighted by molar-refractivity contribution is 9.11. The number of amides is 1. The maximum Gasteiger partial charge on any atom is 0.261 e. The molecule has 1 atom stereocenters. The van der Waals surface area contributed by atoms with E-state index in [1.807, 2.05) is 13.0 Å². The third-order valence-corrected chi connectivity index (χ3v) is 4.99. The van der Waals surface area contributed by atoms with Crippen LogP contribution in [-0.2, 0) is 0 Å². The van der Waals surface area contributed by atoms with Gasteiger partial charge in [-0.3, -0.25) is 4.79 Å². The Morgan fingerprint density at radius 2 is 2.10 bits per heavy atom. The van der Waals surface area contributed by atoms with Crippen LogP contribution in [0.15, 0.2) is 34.1 Å². The van der Waals surface area contributed by atoms with Crippen LogP contribution < -0.4 is 11.1 Å². The third kappa shape index (κ3) is 3.59. The summed E-state index contributed by atoms with van der Waals surface area (Å²) in [5.74, 6) is -0.182. The van der Waals surface area contributed by atoms with Crippen molar-refractivity contribution in [3.63, 3.8) is 0 Å². The van der Waals surface area contributed by atoms with Crippen LogP contribution in [-0.4, -0.2) is 17.6 Å². The average Bonchev–Trinajstić information content (AvgIpc) is 2.76. The molecule has 0 radical (unpaired) electrons. The molecule has 0 bridgehead atoms. The Balaban J connectivity index is 1.94. The normalized spacial score (nSPS) is 12.2. The van der Waals surface area contributed by atoms with Crippen LogP contribution in [0.3, 0.4) is 0 Å². The van der Waals surface area contributed by atoms with Crippen molar-refractivity contribution in [3.05, 3.63) is 50.1 Å². The van der Waals surface area contributed by atoms with Crippen LogP contribution in [0.2, 0.25) is 0 Å². The van der Waals surface area contributed by atoms with E-state index in [0.717, 1.165) is 14.9 Å². The summed E-state index contributed by atoms with van der Waals surface area (Å²) in [6, 6.07) is 8.76. The van der Waals surface area contributed by atoms with Crippen LogP contribution in [0.4, 0.5) is 5.69 Å². The summed E-state index contributed by atoms with van der Waals surface area (Å²) in [4.78, 5) is 12.6. The van der Waals surface area contributed by atoms with Gasteiger partial charge in [-0.15, -0.1) is 11.3 Å². The molecular weight excluding hydrogens is 340 g/mol. The number of hydrogen-bond donors (Lipinski definition) is 3. The zero-order valence-electron chi connectivity index (χ0n) is 10.9. The summed E-state index contributed by atoms with van der Waals surface area (Å²) in [5, 5.41) is 12.7. The van der Waals surface area contributed by atoms with Gasteiger partial charge < -0.3 is 16.2 Å². The summed E-state index contributed by atoms with van der Waals surface area (Å²) in [5.41, 5.74) is 7.98. The molecule has 1 aromatic heterocycles. The molecule has 2 rings (SSSR count). The summed E-state index contributed by atoms with van der Waals surface area (Å²) in [6.45, 7) is 2.10. The molecule has 4 N–H and O–H groups in total. The molecule has 1 unspecified atom stereocenters. The van der Waals surface area contributed by atoms with Gasteiger partial charge in [-0.05, 0) is 52.2 Å². The fourth-order valence-corrected chi connectivity index (χ4v) is 3.14. The highest BCUT2D eigenvalue weighted by atomic mass is 79.9. The van der Waals surface area contributed by atoms with E-state index in [2.05, 4.69) is 21.2 Å². The van der Waals surface area contributed by atoms with Crippen LogP contribution in [0.5, 0.6) is 0 Å². The molecule has 106 valence electrons. The van der Waals surface area contributed by atoms with Gasteiger partial charge in [-0.2, -0.15) is 0 Å². The first-order chi connectivity index (χ1) is 9.47. The van der Waals surface area contributed by atoms with Crippen molar-refractivity contribution in [2.75, 3.05) is 12.3 Å². The molecule has 1 aromatic carbocycles. The molecule has 1 amide bonds. The Bertz CT molecular complexity index is 591. The lowest BCUT2D eigenvalue weighted by Gasteiger charge is -2.12. The zero-order valence-corrected chi connectivity index (χ0v) is 13.3. The number of aryl methyl sites for hydroxylation is 1. The van der Waals surface area contributed by atoms with Gasteiger partial charge in [-0.25, -0.2) is 0 Å². The molecule has 0 spiro atoms. The third-order valence-electron chi connectivity index (χ3n) is 2.86. The number of carbonyl (C=O) groups excluding carboxylic acids is 1. The first kappa shape index (κ1) is 15.0. The Labute approximate surface area is 129 Å². The highest BCUT2D eigenvalue weighted by Crippen LogP contribution is 2.27. The zero-order chi connectivity index (χ0) is 14.7. The Morgan fingerprint density at radius 3 is 2.65 bits per heavy atom. The summed E-state index contributed by atoms with van der Waals surface area (Å²) in [6.07, 6.45) is -0.746. The van der Waals surface area contributed by atoms with Crippen molar-refractivity contribution in [2.45, 2.75) is 13.0 Å². The number of aliphatic hydroxyl groups is 1. The Kier molecular flexibility index (Phi) is 4.80. The highest BCUT2D eigenvalue weighted by Gasteiger charge is 2.13. The first-order valence-corrected chi connectivity index (χ1v) is 7.66. The van der Waals surface area contributed by atoms with Gasteiger partial charge in [0, 0.05) is 12.2 Å². The van der Waals surface area contributed by atoms with E-state index in [9.17, 15) is 9.90 Å². The summed E-state index contributed by atoms with van der Waals surface area (Å²) < 4.78 is 0.946. The number of anilines is 1. The maximum atomic E-state index is 11.9. The van der Waals surface area contributed by atoms with Gasteiger partial charge in [0.1, 0.15) is 0 Å². The smallest absolute Gasteiger partial charge is 0.261 e. The van der Waals surface area contributed by atoms with Gasteiger partial charge in [0.2, 0.25) is 0 Å². The van der Waals surface area contributed by atoms with Gasteiger partial charge in [0.05, 0.1) is 14.8 Å². The fourth-order valence-electron chi connectivity index (χ4n) is 1.68. The van der Waals surface area contributed by atoms with Crippen molar-refractivity contribution < 1.29 is 9.90 Å². The van der Waals surface area contributed by atoms with Gasteiger partial charge in [0.25, 0.3) is 5.91 Å². The summed E-state index contributed by atoms with van der Waals surface area (Å²) >= 11 is 4.76. The Morgan fingerprint density at radius 1 is 1.45 bits per heavy atom. The van der Waals surface area contributed by atoms with Crippen LogP contribution in [0.1, 0.15) is 26.9 Å². The van der Waals surface area contributed by atoms with Crippen LogP contribution in [0, 0.1) is 6.92 Å². The molecule has 0 saturated carbocycles. The van der Waals surface area contributed by atoms with E-state index in [1.165, 1.54) is 11.3 Å². The molecule has 1 heterocycles. The van der Waals surface area contributed by atoms with Gasteiger partial charge in [0.15, 0.2) is 0 Å². The molecule has 0 fully saturated rings. The quantitative estimate of drug-likeness (QED) is 0.739. The number of nitrogens with one attached hydrogen (secondary N) is 1. The molecule has 2 aromatic rings. The number of hydrogen-bond acceptors (Lipinski definition) is 4. The number of aliphatic hydroxyl groups excluding tert-OH is 1. The average molecular weight is 355 g/mol. The lowest BCUT2D eigenvalue weighted by Crippen LogP contribution is -2.27. The second-order valence-electron chi connectivity index (χ2n) is 4.46. The second kappa shape index (κ2) is 6.39. The molecular formula is C14H15BrN2O2S. The maximum absolute atomic E-state index is 11.9. The minimum Gasteiger partial charge on any atom is -0.399 e. The fraction of sp³-hybridized carbons (Fsp3) is 0.214. The van der Waals surface area contributed by atoms with Crippen LogP contribution in [0.25, 0.3) is 0 Å². The number of nitrogen functional groups attached to an aromatic ring is 1. The first-order valence-electron chi connectivity index (χ1n) is 6.05. The lowest BCUT2D eigenvalue weighted by atomic mass is 10.1. The SMILES string of the molecule is Cc1cc(C(=O)NCC(O)c2ccc(N)cc2)sc1Br. The molecule has 0 saturated heterocycles. The number of nitrogens with two attached hydrogens (primary N) is 1. The van der Waals surface area contributed by atoms with Gasteiger partial charge >= 0.3 is 0 Å². The van der Waals surface area contributed by atoms with Crippen molar-refractivity contribution >= 4 is 38.9 Å². The van der Waals surface area contributed by atoms with Crippen LogP contribution >= 0.6 is 27.3 Å². The van der Waals surface area contributed by atoms with Crippen molar-refractivity contribution in [2.24, 2.45) is 0 Å². The molecule has 6 heteroatoms. The number of halogens is 1. The van der Waals surface area contributed by atoms with Crippen molar-refractivity contribution in [3.8, 4) is 0 Å². The number of thiophene rings is 1. The second-order valence-corrected chi connectivity index (χ2v) is 6.83. The number of rotatable bonds is 4. The standard InChI is InChI=1S/C14H15BrN2O2S/c1-8-6-12(20-13(8)15)14(19)17-7-11(18)9-2-4-10(16)5-3-9/h2-6,11,18H,7,16H2,1H3,(H,17,19). The van der Waals surface area contributed by atoms with E-state index < -0.39 is 6.10 Å². The van der Waals surface area contributed by atoms with E-state index in [1.54, 1.807) is 24.3 Å². The lowest BCUT2D eigenvalue weighted by molar-refractivity contribution is 0.0920. The predicted molar refractivity (Wildman–Crippen MR) is 84.9 cm³/mol.